The highest BCUT2D eigenvalue weighted by Gasteiger charge is 2.26. The summed E-state index contributed by atoms with van der Waals surface area (Å²) >= 11 is 0. The SMILES string of the molecule is CN1C(=O)COc2cccc(-c3ccc(C=O)o3)c21. The number of para-hydroxylation sites is 1. The molecule has 19 heavy (non-hydrogen) atoms. The van der Waals surface area contributed by atoms with E-state index in [0.29, 0.717) is 23.5 Å². The number of hydrogen-bond acceptors (Lipinski definition) is 4. The molecule has 0 radical (unpaired) electrons. The quantitative estimate of drug-likeness (QED) is 0.773. The van der Waals surface area contributed by atoms with Crippen molar-refractivity contribution in [1.82, 2.24) is 0 Å². The van der Waals surface area contributed by atoms with Crippen LogP contribution in [0.1, 0.15) is 10.6 Å². The zero-order valence-corrected chi connectivity index (χ0v) is 10.3. The minimum absolute atomic E-state index is 0.0324. The van der Waals surface area contributed by atoms with Crippen LogP contribution in [0, 0.1) is 0 Å². The Bertz CT molecular complexity index is 659. The number of ether oxygens (including phenoxy) is 1. The lowest BCUT2D eigenvalue weighted by Crippen LogP contribution is -2.35. The summed E-state index contributed by atoms with van der Waals surface area (Å²) in [6, 6.07) is 8.73. The topological polar surface area (TPSA) is 59.8 Å². The number of amides is 1. The average Bonchev–Trinajstić information content (AvgIpc) is 2.91. The largest absolute Gasteiger partial charge is 0.482 e. The molecule has 2 heterocycles. The van der Waals surface area contributed by atoms with Gasteiger partial charge < -0.3 is 14.1 Å². The summed E-state index contributed by atoms with van der Waals surface area (Å²) in [4.78, 5) is 23.9. The first-order chi connectivity index (χ1) is 9.20. The fraction of sp³-hybridized carbons (Fsp3) is 0.143. The zero-order valence-electron chi connectivity index (χ0n) is 10.3. The number of rotatable bonds is 2. The summed E-state index contributed by atoms with van der Waals surface area (Å²) in [7, 11) is 1.69. The molecule has 0 aliphatic carbocycles. The van der Waals surface area contributed by atoms with Crippen molar-refractivity contribution in [2.24, 2.45) is 0 Å². The number of nitrogens with zero attached hydrogens (tertiary/aromatic N) is 1. The van der Waals surface area contributed by atoms with E-state index in [1.807, 2.05) is 12.1 Å². The van der Waals surface area contributed by atoms with Crippen molar-refractivity contribution >= 4 is 17.9 Å². The van der Waals surface area contributed by atoms with Crippen molar-refractivity contribution in [3.05, 3.63) is 36.1 Å². The maximum Gasteiger partial charge on any atom is 0.264 e. The Hall–Kier alpha value is -2.56. The van der Waals surface area contributed by atoms with Crippen LogP contribution < -0.4 is 9.64 Å². The molecule has 2 aromatic rings. The van der Waals surface area contributed by atoms with Crippen molar-refractivity contribution in [3.63, 3.8) is 0 Å². The number of carbonyl (C=O) groups is 2. The monoisotopic (exact) mass is 257 g/mol. The lowest BCUT2D eigenvalue weighted by molar-refractivity contribution is -0.120. The van der Waals surface area contributed by atoms with Gasteiger partial charge in [0.25, 0.3) is 5.91 Å². The van der Waals surface area contributed by atoms with Gasteiger partial charge >= 0.3 is 0 Å². The first-order valence-corrected chi connectivity index (χ1v) is 5.78. The number of benzene rings is 1. The van der Waals surface area contributed by atoms with Crippen LogP contribution in [0.25, 0.3) is 11.3 Å². The van der Waals surface area contributed by atoms with Gasteiger partial charge in [0.1, 0.15) is 11.5 Å². The van der Waals surface area contributed by atoms with E-state index in [2.05, 4.69) is 0 Å². The third-order valence-corrected chi connectivity index (χ3v) is 3.07. The molecule has 0 atom stereocenters. The Balaban J connectivity index is 2.17. The van der Waals surface area contributed by atoms with E-state index >= 15 is 0 Å². The number of likely N-dealkylation sites (N-methyl/N-ethyl adjacent to an activating group) is 1. The van der Waals surface area contributed by atoms with E-state index in [9.17, 15) is 9.59 Å². The average molecular weight is 257 g/mol. The van der Waals surface area contributed by atoms with Crippen LogP contribution >= 0.6 is 0 Å². The van der Waals surface area contributed by atoms with Crippen molar-refractivity contribution in [3.8, 4) is 17.1 Å². The molecule has 1 aromatic heterocycles. The van der Waals surface area contributed by atoms with Crippen molar-refractivity contribution in [2.45, 2.75) is 0 Å². The Labute approximate surface area is 109 Å². The van der Waals surface area contributed by atoms with Gasteiger partial charge in [-0.3, -0.25) is 9.59 Å². The summed E-state index contributed by atoms with van der Waals surface area (Å²) < 4.78 is 10.8. The second-order valence-electron chi connectivity index (χ2n) is 4.21. The highest BCUT2D eigenvalue weighted by atomic mass is 16.5. The highest BCUT2D eigenvalue weighted by molar-refractivity contribution is 6.01. The molecule has 0 saturated carbocycles. The lowest BCUT2D eigenvalue weighted by atomic mass is 10.1. The first-order valence-electron chi connectivity index (χ1n) is 5.78. The summed E-state index contributed by atoms with van der Waals surface area (Å²) in [6.45, 7) is 0.0324. The van der Waals surface area contributed by atoms with Crippen molar-refractivity contribution in [1.29, 1.82) is 0 Å². The van der Waals surface area contributed by atoms with Gasteiger partial charge in [0.15, 0.2) is 18.7 Å². The maximum absolute atomic E-state index is 11.7. The van der Waals surface area contributed by atoms with E-state index in [1.165, 1.54) is 4.90 Å². The molecule has 0 spiro atoms. The molecule has 0 unspecified atom stereocenters. The normalized spacial score (nSPS) is 13.9. The van der Waals surface area contributed by atoms with Crippen molar-refractivity contribution in [2.75, 3.05) is 18.6 Å². The smallest absolute Gasteiger partial charge is 0.264 e. The Morgan fingerprint density at radius 3 is 2.84 bits per heavy atom. The van der Waals surface area contributed by atoms with Crippen LogP contribution in [-0.2, 0) is 4.79 Å². The van der Waals surface area contributed by atoms with Crippen molar-refractivity contribution < 1.29 is 18.7 Å². The number of carbonyl (C=O) groups excluding carboxylic acids is 2. The lowest BCUT2D eigenvalue weighted by Gasteiger charge is -2.27. The highest BCUT2D eigenvalue weighted by Crippen LogP contribution is 2.40. The minimum Gasteiger partial charge on any atom is -0.482 e. The molecule has 0 fully saturated rings. The molecule has 0 saturated heterocycles. The number of fused-ring (bicyclic) bond motifs is 1. The fourth-order valence-corrected chi connectivity index (χ4v) is 2.11. The summed E-state index contributed by atoms with van der Waals surface area (Å²) in [5.41, 5.74) is 1.38. The molecule has 1 amide bonds. The van der Waals surface area contributed by atoms with E-state index in [0.717, 1.165) is 5.56 Å². The molecule has 96 valence electrons. The molecule has 5 heteroatoms. The van der Waals surface area contributed by atoms with Crippen LogP contribution in [0.3, 0.4) is 0 Å². The Kier molecular flexibility index (Phi) is 2.59. The van der Waals surface area contributed by atoms with Gasteiger partial charge in [-0.25, -0.2) is 0 Å². The zero-order chi connectivity index (χ0) is 13.4. The summed E-state index contributed by atoms with van der Waals surface area (Å²) in [5.74, 6) is 1.29. The van der Waals surface area contributed by atoms with Crippen LogP contribution in [0.15, 0.2) is 34.7 Å². The predicted molar refractivity (Wildman–Crippen MR) is 68.4 cm³/mol. The Morgan fingerprint density at radius 2 is 2.11 bits per heavy atom. The molecule has 1 aliphatic rings. The van der Waals surface area contributed by atoms with Gasteiger partial charge in [-0.15, -0.1) is 0 Å². The van der Waals surface area contributed by atoms with Crippen LogP contribution in [0.5, 0.6) is 5.75 Å². The van der Waals surface area contributed by atoms with Gasteiger partial charge in [0.05, 0.1) is 5.69 Å². The second kappa shape index (κ2) is 4.28. The fourth-order valence-electron chi connectivity index (χ4n) is 2.11. The molecule has 0 N–H and O–H groups in total. The van der Waals surface area contributed by atoms with Crippen LogP contribution in [-0.4, -0.2) is 25.8 Å². The molecule has 1 aromatic carbocycles. The third kappa shape index (κ3) is 1.79. The standard InChI is InChI=1S/C14H11NO4/c1-15-13(17)8-18-12-4-2-3-10(14(12)15)11-6-5-9(7-16)19-11/h2-7H,8H2,1H3. The minimum atomic E-state index is -0.123. The second-order valence-corrected chi connectivity index (χ2v) is 4.21. The van der Waals surface area contributed by atoms with Gasteiger partial charge in [-0.05, 0) is 24.3 Å². The molecular weight excluding hydrogens is 246 g/mol. The first kappa shape index (κ1) is 11.5. The van der Waals surface area contributed by atoms with E-state index in [-0.39, 0.29) is 18.3 Å². The van der Waals surface area contributed by atoms with E-state index in [4.69, 9.17) is 9.15 Å². The number of aldehydes is 1. The van der Waals surface area contributed by atoms with Gasteiger partial charge in [-0.2, -0.15) is 0 Å². The summed E-state index contributed by atoms with van der Waals surface area (Å²) in [6.07, 6.45) is 0.643. The number of anilines is 1. The third-order valence-electron chi connectivity index (χ3n) is 3.07. The van der Waals surface area contributed by atoms with E-state index < -0.39 is 0 Å². The predicted octanol–water partition coefficient (Wildman–Crippen LogP) is 2.11. The number of furan rings is 1. The Morgan fingerprint density at radius 1 is 1.26 bits per heavy atom. The molecule has 0 bridgehead atoms. The van der Waals surface area contributed by atoms with Crippen LogP contribution in [0.4, 0.5) is 5.69 Å². The molecule has 5 nitrogen and oxygen atoms in total. The van der Waals surface area contributed by atoms with Crippen LogP contribution in [0.2, 0.25) is 0 Å². The van der Waals surface area contributed by atoms with Gasteiger partial charge in [-0.1, -0.05) is 6.07 Å². The maximum atomic E-state index is 11.7. The summed E-state index contributed by atoms with van der Waals surface area (Å²) in [5, 5.41) is 0. The van der Waals surface area contributed by atoms with Gasteiger partial charge in [0.2, 0.25) is 0 Å². The molecule has 3 rings (SSSR count). The number of hydrogen-bond donors (Lipinski definition) is 0. The van der Waals surface area contributed by atoms with E-state index in [1.54, 1.807) is 25.2 Å². The molecular formula is C14H11NO4. The van der Waals surface area contributed by atoms with Gasteiger partial charge in [0, 0.05) is 12.6 Å². The molecule has 1 aliphatic heterocycles.